The first-order valence-electron chi connectivity index (χ1n) is 5.75. The van der Waals surface area contributed by atoms with E-state index in [9.17, 15) is 9.59 Å². The topological polar surface area (TPSA) is 63.6 Å². The van der Waals surface area contributed by atoms with Crippen LogP contribution < -0.4 is 5.43 Å². The van der Waals surface area contributed by atoms with Crippen molar-refractivity contribution in [3.05, 3.63) is 40.4 Å². The summed E-state index contributed by atoms with van der Waals surface area (Å²) in [6.45, 7) is 5.48. The first-order valence-corrected chi connectivity index (χ1v) is 5.75. The molecule has 1 N–H and O–H groups in total. The third-order valence-corrected chi connectivity index (χ3v) is 2.29. The molecule has 0 fully saturated rings. The number of pyridine rings is 1. The zero-order valence-corrected chi connectivity index (χ0v) is 10.7. The third-order valence-electron chi connectivity index (χ3n) is 2.29. The fourth-order valence-electron chi connectivity index (χ4n) is 1.69. The minimum atomic E-state index is -0.488. The number of carbonyl (C=O) groups is 1. The van der Waals surface area contributed by atoms with Gasteiger partial charge in [0, 0.05) is 30.2 Å². The monoisotopic (exact) mass is 248 g/mol. The van der Waals surface area contributed by atoms with E-state index in [-0.39, 0.29) is 17.8 Å². The Morgan fingerprint density at radius 2 is 2.17 bits per heavy atom. The largest absolute Gasteiger partial charge is 0.460 e. The summed E-state index contributed by atoms with van der Waals surface area (Å²) >= 11 is 0. The number of ether oxygens (including phenoxy) is 1. The summed E-state index contributed by atoms with van der Waals surface area (Å²) < 4.78 is 7.00. The van der Waals surface area contributed by atoms with Gasteiger partial charge in [-0.3, -0.25) is 9.59 Å². The molecule has 2 rings (SSSR count). The Hall–Kier alpha value is -2.04. The van der Waals surface area contributed by atoms with E-state index in [0.717, 1.165) is 5.69 Å². The Morgan fingerprint density at radius 1 is 1.44 bits per heavy atom. The van der Waals surface area contributed by atoms with Gasteiger partial charge in [-0.2, -0.15) is 0 Å². The van der Waals surface area contributed by atoms with Crippen molar-refractivity contribution in [2.45, 2.75) is 32.8 Å². The molecule has 18 heavy (non-hydrogen) atoms. The lowest BCUT2D eigenvalue weighted by Crippen LogP contribution is -2.24. The van der Waals surface area contributed by atoms with Gasteiger partial charge in [-0.15, -0.1) is 0 Å². The Labute approximate surface area is 104 Å². The molecule has 0 unspecified atom stereocenters. The average molecular weight is 248 g/mol. The van der Waals surface area contributed by atoms with Gasteiger partial charge in [-0.1, -0.05) is 0 Å². The fraction of sp³-hybridized carbons (Fsp3) is 0.385. The quantitative estimate of drug-likeness (QED) is 0.819. The van der Waals surface area contributed by atoms with Gasteiger partial charge in [0.2, 0.25) is 0 Å². The predicted octanol–water partition coefficient (Wildman–Crippen LogP) is 1.51. The van der Waals surface area contributed by atoms with Crippen LogP contribution in [0.25, 0.3) is 5.65 Å². The molecule has 5 heteroatoms. The number of fused-ring (bicyclic) bond motifs is 1. The van der Waals surface area contributed by atoms with Crippen molar-refractivity contribution in [3.63, 3.8) is 0 Å². The van der Waals surface area contributed by atoms with Gasteiger partial charge in [-0.25, -0.2) is 0 Å². The SMILES string of the molecule is CC(C)(C)OC(=O)Cc1cn2ccc(=O)cc2[nH]1. The van der Waals surface area contributed by atoms with Crippen molar-refractivity contribution in [3.8, 4) is 0 Å². The second kappa shape index (κ2) is 4.33. The number of rotatable bonds is 2. The zero-order chi connectivity index (χ0) is 13.3. The molecule has 0 aliphatic rings. The van der Waals surface area contributed by atoms with Gasteiger partial charge in [-0.05, 0) is 20.8 Å². The zero-order valence-electron chi connectivity index (χ0n) is 10.7. The minimum Gasteiger partial charge on any atom is -0.460 e. The van der Waals surface area contributed by atoms with Crippen molar-refractivity contribution in [1.29, 1.82) is 0 Å². The molecule has 0 saturated heterocycles. The number of hydrogen-bond acceptors (Lipinski definition) is 3. The molecule has 2 aromatic rings. The van der Waals surface area contributed by atoms with Gasteiger partial charge in [0.05, 0.1) is 6.42 Å². The van der Waals surface area contributed by atoms with Crippen LogP contribution in [0.3, 0.4) is 0 Å². The Morgan fingerprint density at radius 3 is 2.83 bits per heavy atom. The van der Waals surface area contributed by atoms with E-state index < -0.39 is 5.60 Å². The van der Waals surface area contributed by atoms with Crippen molar-refractivity contribution >= 4 is 11.6 Å². The molecule has 96 valence electrons. The first-order chi connectivity index (χ1) is 8.33. The number of imidazole rings is 1. The van der Waals surface area contributed by atoms with E-state index in [1.54, 1.807) is 16.8 Å². The molecule has 2 heterocycles. The number of esters is 1. The van der Waals surface area contributed by atoms with Crippen LogP contribution in [-0.4, -0.2) is 21.0 Å². The Bertz CT molecular complexity index is 631. The fourth-order valence-corrected chi connectivity index (χ4v) is 1.69. The molecule has 0 aliphatic heterocycles. The van der Waals surface area contributed by atoms with Crippen LogP contribution in [0.5, 0.6) is 0 Å². The van der Waals surface area contributed by atoms with Crippen molar-refractivity contribution < 1.29 is 9.53 Å². The first kappa shape index (κ1) is 12.4. The summed E-state index contributed by atoms with van der Waals surface area (Å²) in [7, 11) is 0. The highest BCUT2D eigenvalue weighted by Gasteiger charge is 2.17. The molecule has 0 spiro atoms. The number of aromatic amines is 1. The van der Waals surface area contributed by atoms with E-state index in [1.165, 1.54) is 12.1 Å². The number of nitrogens with one attached hydrogen (secondary N) is 1. The van der Waals surface area contributed by atoms with Gasteiger partial charge < -0.3 is 14.1 Å². The van der Waals surface area contributed by atoms with E-state index in [4.69, 9.17) is 4.74 Å². The smallest absolute Gasteiger partial charge is 0.312 e. The van der Waals surface area contributed by atoms with E-state index >= 15 is 0 Å². The summed E-state index contributed by atoms with van der Waals surface area (Å²) in [5.41, 5.74) is 0.829. The number of carbonyl (C=O) groups excluding carboxylic acids is 1. The maximum Gasteiger partial charge on any atom is 0.312 e. The van der Waals surface area contributed by atoms with Crippen molar-refractivity contribution in [2.24, 2.45) is 0 Å². The second-order valence-electron chi connectivity index (χ2n) is 5.20. The van der Waals surface area contributed by atoms with E-state index in [1.807, 2.05) is 20.8 Å². The molecule has 0 atom stereocenters. The third kappa shape index (κ3) is 3.00. The lowest BCUT2D eigenvalue weighted by Gasteiger charge is -2.19. The summed E-state index contributed by atoms with van der Waals surface area (Å²) in [6.07, 6.45) is 3.60. The molecule has 0 bridgehead atoms. The highest BCUT2D eigenvalue weighted by atomic mass is 16.6. The molecule has 0 radical (unpaired) electrons. The van der Waals surface area contributed by atoms with Crippen LogP contribution in [0.1, 0.15) is 26.5 Å². The van der Waals surface area contributed by atoms with Gasteiger partial charge in [0.25, 0.3) is 0 Å². The van der Waals surface area contributed by atoms with Crippen molar-refractivity contribution in [1.82, 2.24) is 9.38 Å². The maximum absolute atomic E-state index is 11.7. The number of hydrogen-bond donors (Lipinski definition) is 1. The van der Waals surface area contributed by atoms with Crippen LogP contribution in [-0.2, 0) is 16.0 Å². The van der Waals surface area contributed by atoms with E-state index in [2.05, 4.69) is 4.98 Å². The standard InChI is InChI=1S/C13H16N2O3/c1-13(2,3)18-12(17)6-9-8-15-5-4-10(16)7-11(15)14-9/h4-5,7-8,14H,6H2,1-3H3. The Kier molecular flexibility index (Phi) is 2.98. The van der Waals surface area contributed by atoms with Gasteiger partial charge >= 0.3 is 5.97 Å². The number of aromatic nitrogens is 2. The van der Waals surface area contributed by atoms with Crippen LogP contribution in [0.4, 0.5) is 0 Å². The van der Waals surface area contributed by atoms with Gasteiger partial charge in [0.15, 0.2) is 5.43 Å². The molecule has 2 aromatic heterocycles. The van der Waals surface area contributed by atoms with Crippen LogP contribution in [0, 0.1) is 0 Å². The molecule has 5 nitrogen and oxygen atoms in total. The maximum atomic E-state index is 11.7. The highest BCUT2D eigenvalue weighted by molar-refractivity contribution is 5.72. The summed E-state index contributed by atoms with van der Waals surface area (Å²) in [6, 6.07) is 2.96. The van der Waals surface area contributed by atoms with Crippen molar-refractivity contribution in [2.75, 3.05) is 0 Å². The molecule has 0 aliphatic carbocycles. The number of nitrogens with zero attached hydrogens (tertiary/aromatic N) is 1. The average Bonchev–Trinajstić information content (AvgIpc) is 2.55. The molecular formula is C13H16N2O3. The molecule has 0 aromatic carbocycles. The van der Waals surface area contributed by atoms with Gasteiger partial charge in [0.1, 0.15) is 11.2 Å². The van der Waals surface area contributed by atoms with E-state index in [0.29, 0.717) is 5.65 Å². The Balaban J connectivity index is 2.17. The summed E-state index contributed by atoms with van der Waals surface area (Å²) in [5, 5.41) is 0. The van der Waals surface area contributed by atoms with Crippen LogP contribution >= 0.6 is 0 Å². The highest BCUT2D eigenvalue weighted by Crippen LogP contribution is 2.10. The van der Waals surface area contributed by atoms with Crippen LogP contribution in [0.15, 0.2) is 29.3 Å². The molecule has 0 saturated carbocycles. The number of H-pyrrole nitrogens is 1. The lowest BCUT2D eigenvalue weighted by atomic mass is 10.2. The molecular weight excluding hydrogens is 232 g/mol. The second-order valence-corrected chi connectivity index (χ2v) is 5.20. The molecule has 0 amide bonds. The summed E-state index contributed by atoms with van der Waals surface area (Å²) in [5.74, 6) is -0.294. The predicted molar refractivity (Wildman–Crippen MR) is 67.6 cm³/mol. The minimum absolute atomic E-state index is 0.0688. The summed E-state index contributed by atoms with van der Waals surface area (Å²) in [4.78, 5) is 25.9. The lowest BCUT2D eigenvalue weighted by molar-refractivity contribution is -0.153. The van der Waals surface area contributed by atoms with Crippen LogP contribution in [0.2, 0.25) is 0 Å². The normalized spacial score (nSPS) is 11.7.